The Kier molecular flexibility index (Phi) is 16.3. The van der Waals surface area contributed by atoms with Gasteiger partial charge in [0.2, 0.25) is 17.7 Å². The lowest BCUT2D eigenvalue weighted by atomic mass is 10.00. The number of hydrogen-bond donors (Lipinski definition) is 5. The smallest absolute Gasteiger partial charge is 0.246 e. The van der Waals surface area contributed by atoms with Crippen molar-refractivity contribution < 1.29 is 14.4 Å². The summed E-state index contributed by atoms with van der Waals surface area (Å²) >= 11 is 11.8. The van der Waals surface area contributed by atoms with E-state index in [0.717, 1.165) is 12.1 Å². The Bertz CT molecular complexity index is 848. The largest absolute Gasteiger partial charge is 0.369 e. The SMILES string of the molecule is CC(C)C[C@H](NC(=O)[C@H](N)C(C)C)C(=O)N[C@@H](CCCCN)C(=O)Nc1ccc(N(CCCl)CCCl)cc1. The number of unbranched alkanes of at least 4 members (excludes halogenated alkanes) is 1. The molecule has 9 nitrogen and oxygen atoms in total. The van der Waals surface area contributed by atoms with E-state index in [9.17, 15) is 14.4 Å². The van der Waals surface area contributed by atoms with Gasteiger partial charge in [-0.25, -0.2) is 0 Å². The Labute approximate surface area is 237 Å². The first kappa shape index (κ1) is 34.0. The highest BCUT2D eigenvalue weighted by Gasteiger charge is 2.29. The van der Waals surface area contributed by atoms with Crippen molar-refractivity contribution in [2.24, 2.45) is 23.3 Å². The van der Waals surface area contributed by atoms with Crippen LogP contribution in [0, 0.1) is 11.8 Å². The number of nitrogens with one attached hydrogen (secondary N) is 3. The van der Waals surface area contributed by atoms with E-state index >= 15 is 0 Å². The van der Waals surface area contributed by atoms with Crippen molar-refractivity contribution in [1.29, 1.82) is 0 Å². The number of benzene rings is 1. The van der Waals surface area contributed by atoms with Gasteiger partial charge in [-0.1, -0.05) is 27.7 Å². The minimum Gasteiger partial charge on any atom is -0.369 e. The first-order chi connectivity index (χ1) is 18.0. The highest BCUT2D eigenvalue weighted by molar-refractivity contribution is 6.18. The molecule has 0 spiro atoms. The number of amides is 3. The molecule has 0 aliphatic rings. The maximum atomic E-state index is 13.3. The maximum absolute atomic E-state index is 13.3. The summed E-state index contributed by atoms with van der Waals surface area (Å²) in [5, 5.41) is 8.53. The van der Waals surface area contributed by atoms with E-state index in [1.807, 2.05) is 39.8 Å². The highest BCUT2D eigenvalue weighted by atomic mass is 35.5. The Hall–Kier alpha value is -2.07. The van der Waals surface area contributed by atoms with Crippen LogP contribution in [0.25, 0.3) is 0 Å². The summed E-state index contributed by atoms with van der Waals surface area (Å²) in [6.07, 6.45) is 2.22. The fourth-order valence-corrected chi connectivity index (χ4v) is 4.27. The average molecular weight is 574 g/mol. The highest BCUT2D eigenvalue weighted by Crippen LogP contribution is 2.19. The number of halogens is 2. The summed E-state index contributed by atoms with van der Waals surface area (Å²) in [7, 11) is 0. The molecule has 0 saturated carbocycles. The van der Waals surface area contributed by atoms with Crippen LogP contribution in [-0.2, 0) is 14.4 Å². The van der Waals surface area contributed by atoms with E-state index in [0.29, 0.717) is 56.3 Å². The molecule has 3 atom stereocenters. The minimum atomic E-state index is -0.800. The van der Waals surface area contributed by atoms with Crippen LogP contribution in [0.15, 0.2) is 24.3 Å². The molecule has 0 heterocycles. The Morgan fingerprint density at radius 1 is 0.868 bits per heavy atom. The third-order valence-corrected chi connectivity index (χ3v) is 6.49. The van der Waals surface area contributed by atoms with Crippen molar-refractivity contribution in [3.63, 3.8) is 0 Å². The molecule has 38 heavy (non-hydrogen) atoms. The van der Waals surface area contributed by atoms with Gasteiger partial charge in [0.15, 0.2) is 0 Å². The van der Waals surface area contributed by atoms with Crippen molar-refractivity contribution in [1.82, 2.24) is 10.6 Å². The molecular weight excluding hydrogens is 527 g/mol. The van der Waals surface area contributed by atoms with E-state index < -0.39 is 24.0 Å². The number of carbonyl (C=O) groups is 3. The molecule has 1 aromatic carbocycles. The molecule has 216 valence electrons. The molecule has 3 amide bonds. The van der Waals surface area contributed by atoms with Crippen LogP contribution in [0.4, 0.5) is 11.4 Å². The molecule has 0 radical (unpaired) electrons. The third-order valence-electron chi connectivity index (χ3n) is 6.15. The van der Waals surface area contributed by atoms with Crippen molar-refractivity contribution in [2.75, 3.05) is 41.6 Å². The third kappa shape index (κ3) is 12.2. The fourth-order valence-electron chi connectivity index (χ4n) is 3.87. The van der Waals surface area contributed by atoms with Crippen LogP contribution < -0.4 is 32.3 Å². The summed E-state index contributed by atoms with van der Waals surface area (Å²) in [4.78, 5) is 41.1. The first-order valence-electron chi connectivity index (χ1n) is 13.4. The monoisotopic (exact) mass is 572 g/mol. The standard InChI is InChI=1S/C27H46Cl2N6O3/c1-18(2)17-23(34-27(38)24(31)19(3)4)26(37)33-22(7-5-6-14-30)25(36)32-20-8-10-21(11-9-20)35(15-12-28)16-13-29/h8-11,18-19,22-24H,5-7,12-17,30-31H2,1-4H3,(H,32,36)(H,33,37)(H,34,38)/t22-,23-,24+/m0/s1. The molecule has 0 fully saturated rings. The molecule has 7 N–H and O–H groups in total. The molecule has 0 aliphatic carbocycles. The number of carbonyl (C=O) groups excluding carboxylic acids is 3. The minimum absolute atomic E-state index is 0.0733. The van der Waals surface area contributed by atoms with Gasteiger partial charge >= 0.3 is 0 Å². The Morgan fingerprint density at radius 2 is 1.45 bits per heavy atom. The van der Waals surface area contributed by atoms with Gasteiger partial charge in [-0.2, -0.15) is 0 Å². The quantitative estimate of drug-likeness (QED) is 0.135. The van der Waals surface area contributed by atoms with Crippen LogP contribution in [0.2, 0.25) is 0 Å². The van der Waals surface area contributed by atoms with Crippen LogP contribution in [0.3, 0.4) is 0 Å². The summed E-state index contributed by atoms with van der Waals surface area (Å²) in [5.41, 5.74) is 13.2. The van der Waals surface area contributed by atoms with Crippen molar-refractivity contribution in [3.8, 4) is 0 Å². The number of anilines is 2. The summed E-state index contributed by atoms with van der Waals surface area (Å²) in [6, 6.07) is 5.07. The first-order valence-corrected chi connectivity index (χ1v) is 14.4. The van der Waals surface area contributed by atoms with E-state index in [2.05, 4.69) is 20.9 Å². The molecule has 1 aromatic rings. The lowest BCUT2D eigenvalue weighted by Gasteiger charge is -2.26. The predicted octanol–water partition coefficient (Wildman–Crippen LogP) is 3.04. The van der Waals surface area contributed by atoms with Crippen LogP contribution in [0.5, 0.6) is 0 Å². The number of nitrogens with zero attached hydrogens (tertiary/aromatic N) is 1. The van der Waals surface area contributed by atoms with Crippen molar-refractivity contribution in [2.45, 2.75) is 71.5 Å². The van der Waals surface area contributed by atoms with Crippen molar-refractivity contribution in [3.05, 3.63) is 24.3 Å². The van der Waals surface area contributed by atoms with E-state index in [1.165, 1.54) is 0 Å². The molecule has 11 heteroatoms. The Balaban J connectivity index is 3.00. The normalized spacial score (nSPS) is 13.6. The number of alkyl halides is 2. The van der Waals surface area contributed by atoms with Crippen LogP contribution in [-0.4, -0.2) is 67.2 Å². The molecule has 0 aromatic heterocycles. The second-order valence-corrected chi connectivity index (χ2v) is 11.0. The fraction of sp³-hybridized carbons (Fsp3) is 0.667. The van der Waals surface area contributed by atoms with E-state index in [-0.39, 0.29) is 23.7 Å². The van der Waals surface area contributed by atoms with Crippen LogP contribution >= 0.6 is 23.2 Å². The summed E-state index contributed by atoms with van der Waals surface area (Å²) in [5.74, 6) is -0.124. The molecule has 0 aliphatic heterocycles. The summed E-state index contributed by atoms with van der Waals surface area (Å²) < 4.78 is 0. The lowest BCUT2D eigenvalue weighted by molar-refractivity contribution is -0.132. The van der Waals surface area contributed by atoms with Gasteiger partial charge in [0.1, 0.15) is 12.1 Å². The van der Waals surface area contributed by atoms with Crippen molar-refractivity contribution >= 4 is 52.3 Å². The topological polar surface area (TPSA) is 143 Å². The molecule has 0 unspecified atom stereocenters. The van der Waals surface area contributed by atoms with Gasteiger partial charge in [-0.3, -0.25) is 14.4 Å². The second kappa shape index (κ2) is 18.3. The number of rotatable bonds is 18. The van der Waals surface area contributed by atoms with Gasteiger partial charge in [0.05, 0.1) is 6.04 Å². The van der Waals surface area contributed by atoms with Gasteiger partial charge in [0, 0.05) is 36.2 Å². The summed E-state index contributed by atoms with van der Waals surface area (Å²) in [6.45, 7) is 9.43. The van der Waals surface area contributed by atoms with E-state index in [4.69, 9.17) is 34.7 Å². The molecular formula is C27H46Cl2N6O3. The van der Waals surface area contributed by atoms with Gasteiger partial charge < -0.3 is 32.3 Å². The predicted molar refractivity (Wildman–Crippen MR) is 158 cm³/mol. The lowest BCUT2D eigenvalue weighted by Crippen LogP contribution is -2.56. The zero-order valence-corrected chi connectivity index (χ0v) is 24.7. The van der Waals surface area contributed by atoms with E-state index in [1.54, 1.807) is 12.1 Å². The Morgan fingerprint density at radius 3 is 1.95 bits per heavy atom. The van der Waals surface area contributed by atoms with Gasteiger partial charge in [-0.15, -0.1) is 23.2 Å². The van der Waals surface area contributed by atoms with Gasteiger partial charge in [-0.05, 0) is 68.3 Å². The second-order valence-electron chi connectivity index (χ2n) is 10.2. The van der Waals surface area contributed by atoms with Gasteiger partial charge in [0.25, 0.3) is 0 Å². The zero-order valence-electron chi connectivity index (χ0n) is 23.1. The zero-order chi connectivity index (χ0) is 28.7. The molecule has 0 saturated heterocycles. The average Bonchev–Trinajstić information content (AvgIpc) is 2.87. The molecule has 0 bridgehead atoms. The number of nitrogens with two attached hydrogens (primary N) is 2. The molecule has 1 rings (SSSR count). The maximum Gasteiger partial charge on any atom is 0.246 e. The number of hydrogen-bond acceptors (Lipinski definition) is 6. The van der Waals surface area contributed by atoms with Crippen LogP contribution in [0.1, 0.15) is 53.4 Å².